The van der Waals surface area contributed by atoms with Gasteiger partial charge in [0, 0.05) is 12.6 Å². The Morgan fingerprint density at radius 2 is 2.00 bits per heavy atom. The molecule has 0 bridgehead atoms. The third-order valence-electron chi connectivity index (χ3n) is 2.15. The van der Waals surface area contributed by atoms with Crippen molar-refractivity contribution in [1.29, 1.82) is 0 Å². The summed E-state index contributed by atoms with van der Waals surface area (Å²) >= 11 is 0. The molecule has 0 aliphatic rings. The Hall–Kier alpha value is -0.970. The minimum Gasteiger partial charge on any atom is -0.330 e. The first kappa shape index (κ1) is 12.1. The van der Waals surface area contributed by atoms with Gasteiger partial charge in [0.1, 0.15) is 0 Å². The molecule has 1 aromatic heterocycles. The second kappa shape index (κ2) is 3.89. The smallest absolute Gasteiger partial charge is 0.277 e. The first-order valence-electron chi connectivity index (χ1n) is 4.91. The Kier molecular flexibility index (Phi) is 3.13. The van der Waals surface area contributed by atoms with E-state index in [0.717, 1.165) is 0 Å². The van der Waals surface area contributed by atoms with Gasteiger partial charge in [-0.05, 0) is 27.3 Å². The zero-order chi connectivity index (χ0) is 11.7. The zero-order valence-electron chi connectivity index (χ0n) is 9.30. The fourth-order valence-corrected chi connectivity index (χ4v) is 1.20. The van der Waals surface area contributed by atoms with Crippen LogP contribution in [-0.4, -0.2) is 16.3 Å². The molecule has 2 N–H and O–H groups in total. The number of halogens is 2. The molecule has 0 saturated carbocycles. The first-order chi connectivity index (χ1) is 6.77. The molecule has 3 nitrogen and oxygen atoms in total. The Labute approximate surface area is 88.3 Å². The van der Waals surface area contributed by atoms with E-state index in [0.29, 0.717) is 0 Å². The average Bonchev–Trinajstić information content (AvgIpc) is 2.50. The predicted octanol–water partition coefficient (Wildman–Crippen LogP) is 2.08. The van der Waals surface area contributed by atoms with Crippen molar-refractivity contribution in [3.05, 3.63) is 18.0 Å². The summed E-state index contributed by atoms with van der Waals surface area (Å²) in [7, 11) is 0. The Bertz CT molecular complexity index is 326. The van der Waals surface area contributed by atoms with Gasteiger partial charge in [-0.1, -0.05) is 0 Å². The van der Waals surface area contributed by atoms with Crippen molar-refractivity contribution in [1.82, 2.24) is 9.78 Å². The summed E-state index contributed by atoms with van der Waals surface area (Å²) in [5.41, 5.74) is 4.79. The molecule has 0 unspecified atom stereocenters. The highest BCUT2D eigenvalue weighted by atomic mass is 19.3. The van der Waals surface area contributed by atoms with Gasteiger partial charge in [-0.15, -0.1) is 0 Å². The van der Waals surface area contributed by atoms with Gasteiger partial charge in [0.05, 0.1) is 17.3 Å². The van der Waals surface area contributed by atoms with E-state index < -0.39 is 5.92 Å². The molecule has 86 valence electrons. The number of hydrogen-bond acceptors (Lipinski definition) is 2. The van der Waals surface area contributed by atoms with Crippen molar-refractivity contribution in [2.24, 2.45) is 5.73 Å². The van der Waals surface area contributed by atoms with E-state index >= 15 is 0 Å². The van der Waals surface area contributed by atoms with Gasteiger partial charge >= 0.3 is 0 Å². The zero-order valence-corrected chi connectivity index (χ0v) is 9.30. The highest BCUT2D eigenvalue weighted by Crippen LogP contribution is 2.31. The number of aromatic nitrogens is 2. The number of nitrogens with zero attached hydrogens (tertiary/aromatic N) is 2. The van der Waals surface area contributed by atoms with Crippen LogP contribution >= 0.6 is 0 Å². The SMILES string of the molecule is CC(C)(C)n1cc(C(F)(F)CCN)cn1. The van der Waals surface area contributed by atoms with Crippen molar-refractivity contribution < 1.29 is 8.78 Å². The second-order valence-electron chi connectivity index (χ2n) is 4.59. The van der Waals surface area contributed by atoms with Crippen molar-refractivity contribution in [2.75, 3.05) is 6.54 Å². The van der Waals surface area contributed by atoms with Crippen LogP contribution in [-0.2, 0) is 11.5 Å². The van der Waals surface area contributed by atoms with Crippen molar-refractivity contribution in [3.63, 3.8) is 0 Å². The summed E-state index contributed by atoms with van der Waals surface area (Å²) in [6.45, 7) is 5.69. The summed E-state index contributed by atoms with van der Waals surface area (Å²) in [5, 5.41) is 3.93. The van der Waals surface area contributed by atoms with E-state index in [9.17, 15) is 8.78 Å². The molecular weight excluding hydrogens is 200 g/mol. The van der Waals surface area contributed by atoms with Gasteiger partial charge in [0.2, 0.25) is 0 Å². The molecule has 0 aliphatic heterocycles. The number of rotatable bonds is 3. The van der Waals surface area contributed by atoms with Crippen LogP contribution < -0.4 is 5.73 Å². The summed E-state index contributed by atoms with van der Waals surface area (Å²) in [6.07, 6.45) is 2.25. The minimum absolute atomic E-state index is 0.0340. The van der Waals surface area contributed by atoms with Gasteiger partial charge in [0.25, 0.3) is 5.92 Å². The lowest BCUT2D eigenvalue weighted by atomic mass is 10.1. The van der Waals surface area contributed by atoms with Gasteiger partial charge in [-0.2, -0.15) is 5.10 Å². The first-order valence-corrected chi connectivity index (χ1v) is 4.91. The number of hydrogen-bond donors (Lipinski definition) is 1. The Balaban J connectivity index is 2.94. The molecule has 5 heteroatoms. The van der Waals surface area contributed by atoms with E-state index in [1.807, 2.05) is 20.8 Å². The maximum Gasteiger partial charge on any atom is 0.277 e. The molecule has 1 aromatic rings. The van der Waals surface area contributed by atoms with Crippen LogP contribution in [0.3, 0.4) is 0 Å². The Morgan fingerprint density at radius 3 is 2.40 bits per heavy atom. The largest absolute Gasteiger partial charge is 0.330 e. The van der Waals surface area contributed by atoms with Crippen molar-refractivity contribution >= 4 is 0 Å². The van der Waals surface area contributed by atoms with E-state index in [4.69, 9.17) is 5.73 Å². The van der Waals surface area contributed by atoms with Crippen LogP contribution in [0.1, 0.15) is 32.8 Å². The van der Waals surface area contributed by atoms with Crippen LogP contribution in [0.15, 0.2) is 12.4 Å². The minimum atomic E-state index is -2.88. The standard InChI is InChI=1S/C10H17F2N3/c1-9(2,3)15-7-8(6-14-15)10(11,12)4-5-13/h6-7H,4-5,13H2,1-3H3. The highest BCUT2D eigenvalue weighted by molar-refractivity contribution is 5.12. The molecular formula is C10H17F2N3. The van der Waals surface area contributed by atoms with Crippen LogP contribution in [0.25, 0.3) is 0 Å². The van der Waals surface area contributed by atoms with Crippen LogP contribution in [0.2, 0.25) is 0 Å². The van der Waals surface area contributed by atoms with E-state index in [1.165, 1.54) is 17.1 Å². The Morgan fingerprint density at radius 1 is 1.40 bits per heavy atom. The highest BCUT2D eigenvalue weighted by Gasteiger charge is 2.32. The molecule has 0 saturated heterocycles. The normalized spacial score (nSPS) is 13.2. The lowest BCUT2D eigenvalue weighted by Gasteiger charge is -2.19. The third-order valence-corrected chi connectivity index (χ3v) is 2.15. The maximum absolute atomic E-state index is 13.4. The van der Waals surface area contributed by atoms with Crippen LogP contribution in [0.4, 0.5) is 8.78 Å². The molecule has 1 rings (SSSR count). The number of nitrogens with two attached hydrogens (primary N) is 1. The van der Waals surface area contributed by atoms with Crippen molar-refractivity contribution in [2.45, 2.75) is 38.7 Å². The topological polar surface area (TPSA) is 43.8 Å². The monoisotopic (exact) mass is 217 g/mol. The van der Waals surface area contributed by atoms with Gasteiger partial charge in [0.15, 0.2) is 0 Å². The van der Waals surface area contributed by atoms with Gasteiger partial charge < -0.3 is 5.73 Å². The molecule has 1 heterocycles. The van der Waals surface area contributed by atoms with Crippen LogP contribution in [0.5, 0.6) is 0 Å². The van der Waals surface area contributed by atoms with E-state index in [1.54, 1.807) is 0 Å². The summed E-state index contributed by atoms with van der Waals surface area (Å²) in [6, 6.07) is 0. The molecule has 0 spiro atoms. The maximum atomic E-state index is 13.4. The fraction of sp³-hybridized carbons (Fsp3) is 0.700. The summed E-state index contributed by atoms with van der Waals surface area (Å²) in [5.74, 6) is -2.88. The lowest BCUT2D eigenvalue weighted by molar-refractivity contribution is -0.0108. The molecule has 0 fully saturated rings. The third kappa shape index (κ3) is 2.75. The molecule has 0 aliphatic carbocycles. The molecule has 15 heavy (non-hydrogen) atoms. The summed E-state index contributed by atoms with van der Waals surface area (Å²) < 4.78 is 28.4. The van der Waals surface area contributed by atoms with Gasteiger partial charge in [-0.25, -0.2) is 8.78 Å². The van der Waals surface area contributed by atoms with Crippen LogP contribution in [0, 0.1) is 0 Å². The predicted molar refractivity (Wildman–Crippen MR) is 54.8 cm³/mol. The van der Waals surface area contributed by atoms with Gasteiger partial charge in [-0.3, -0.25) is 4.68 Å². The lowest BCUT2D eigenvalue weighted by Crippen LogP contribution is -2.22. The molecule has 0 amide bonds. The summed E-state index contributed by atoms with van der Waals surface area (Å²) in [4.78, 5) is 0. The van der Waals surface area contributed by atoms with E-state index in [2.05, 4.69) is 5.10 Å². The molecule has 0 atom stereocenters. The quantitative estimate of drug-likeness (QED) is 0.842. The fourth-order valence-electron chi connectivity index (χ4n) is 1.20. The average molecular weight is 217 g/mol. The molecule has 0 aromatic carbocycles. The second-order valence-corrected chi connectivity index (χ2v) is 4.59. The number of alkyl halides is 2. The van der Waals surface area contributed by atoms with E-state index in [-0.39, 0.29) is 24.1 Å². The molecule has 0 radical (unpaired) electrons. The van der Waals surface area contributed by atoms with Crippen molar-refractivity contribution in [3.8, 4) is 0 Å².